The van der Waals surface area contributed by atoms with Crippen molar-refractivity contribution in [3.05, 3.63) is 101 Å². The number of carbonyl (C=O) groups is 1. The minimum atomic E-state index is -0.178. The number of nitrogens with one attached hydrogen (secondary N) is 1. The van der Waals surface area contributed by atoms with Crippen LogP contribution in [0, 0.1) is 20.8 Å². The highest BCUT2D eigenvalue weighted by Gasteiger charge is 2.19. The third-order valence-electron chi connectivity index (χ3n) is 6.94. The molecule has 4 aromatic carbocycles. The Balaban J connectivity index is 1.58. The second kappa shape index (κ2) is 9.38. The molecule has 0 unspecified atom stereocenters. The lowest BCUT2D eigenvalue weighted by Gasteiger charge is -2.14. The molecule has 36 heavy (non-hydrogen) atoms. The van der Waals surface area contributed by atoms with Gasteiger partial charge < -0.3 is 14.5 Å². The Morgan fingerprint density at radius 2 is 1.69 bits per heavy atom. The highest BCUT2D eigenvalue weighted by Crippen LogP contribution is 2.41. The average molecular weight is 476 g/mol. The summed E-state index contributed by atoms with van der Waals surface area (Å²) in [5.74, 6) is 0.526. The summed E-state index contributed by atoms with van der Waals surface area (Å²) in [4.78, 5) is 12.9. The molecule has 0 aliphatic rings. The first-order valence-corrected chi connectivity index (χ1v) is 12.0. The first-order chi connectivity index (χ1) is 17.4. The van der Waals surface area contributed by atoms with E-state index in [1.54, 1.807) is 19.4 Å². The number of rotatable bonds is 5. The summed E-state index contributed by atoms with van der Waals surface area (Å²) in [5, 5.41) is 6.37. The number of hydrogen-bond acceptors (Lipinski definition) is 3. The molecule has 180 valence electrons. The number of furan rings is 1. The minimum absolute atomic E-state index is 0.178. The van der Waals surface area contributed by atoms with Gasteiger partial charge in [0.1, 0.15) is 11.3 Å². The number of anilines is 1. The van der Waals surface area contributed by atoms with Gasteiger partial charge in [-0.25, -0.2) is 0 Å². The lowest BCUT2D eigenvalue weighted by atomic mass is 9.95. The van der Waals surface area contributed by atoms with E-state index in [0.717, 1.165) is 55.6 Å². The van der Waals surface area contributed by atoms with Crippen molar-refractivity contribution in [2.75, 3.05) is 12.4 Å². The molecule has 4 nitrogen and oxygen atoms in total. The van der Waals surface area contributed by atoms with Gasteiger partial charge in [0.15, 0.2) is 0 Å². The van der Waals surface area contributed by atoms with Crippen molar-refractivity contribution < 1.29 is 13.9 Å². The Kier molecular flexibility index (Phi) is 6.11. The van der Waals surface area contributed by atoms with Gasteiger partial charge in [-0.2, -0.15) is 0 Å². The molecule has 0 atom stereocenters. The number of fused-ring (bicyclic) bond motifs is 2. The van der Waals surface area contributed by atoms with Gasteiger partial charge in [0.25, 0.3) is 0 Å². The van der Waals surface area contributed by atoms with Crippen molar-refractivity contribution in [1.29, 1.82) is 0 Å². The summed E-state index contributed by atoms with van der Waals surface area (Å²) in [7, 11) is 1.65. The molecule has 1 aromatic heterocycles. The Bertz CT molecular complexity index is 1660. The van der Waals surface area contributed by atoms with Crippen LogP contribution in [0.15, 0.2) is 83.5 Å². The van der Waals surface area contributed by atoms with Gasteiger partial charge in [0.2, 0.25) is 5.91 Å². The quantitative estimate of drug-likeness (QED) is 0.261. The zero-order valence-electron chi connectivity index (χ0n) is 21.2. The van der Waals surface area contributed by atoms with E-state index in [1.165, 1.54) is 10.8 Å². The molecule has 0 saturated carbocycles. The fraction of sp³-hybridized carbons (Fsp3) is 0.156. The highest BCUT2D eigenvalue weighted by atomic mass is 16.5. The largest absolute Gasteiger partial charge is 0.496 e. The third-order valence-corrected chi connectivity index (χ3v) is 6.94. The number of amides is 1. The number of allylic oxidation sites excluding steroid dienone is 1. The molecule has 5 aromatic rings. The average Bonchev–Trinajstić information content (AvgIpc) is 3.31. The van der Waals surface area contributed by atoms with E-state index in [4.69, 9.17) is 9.15 Å². The Hall–Kier alpha value is -4.31. The van der Waals surface area contributed by atoms with Gasteiger partial charge in [-0.05, 0) is 78.9 Å². The monoisotopic (exact) mass is 475 g/mol. The summed E-state index contributed by atoms with van der Waals surface area (Å²) < 4.78 is 11.8. The number of methoxy groups -OCH3 is 1. The van der Waals surface area contributed by atoms with E-state index < -0.39 is 0 Å². The molecule has 0 bridgehead atoms. The van der Waals surface area contributed by atoms with Crippen molar-refractivity contribution in [1.82, 2.24) is 0 Å². The lowest BCUT2D eigenvalue weighted by molar-refractivity contribution is -0.111. The van der Waals surface area contributed by atoms with E-state index in [1.807, 2.05) is 58.0 Å². The van der Waals surface area contributed by atoms with Gasteiger partial charge in [0, 0.05) is 33.8 Å². The number of hydrogen-bond donors (Lipinski definition) is 1. The van der Waals surface area contributed by atoms with Crippen LogP contribution in [0.1, 0.15) is 29.2 Å². The SMILES string of the molecule is COc1c(/C(C)=C/C(=O)Nc2cccc(C)c2C)cc2c(-c3ccc4ccccc4c3)coc2c1C. The van der Waals surface area contributed by atoms with Gasteiger partial charge in [-0.1, -0.05) is 48.5 Å². The molecule has 0 fully saturated rings. The molecule has 0 aliphatic heterocycles. The van der Waals surface area contributed by atoms with Crippen LogP contribution in [-0.4, -0.2) is 13.0 Å². The number of ether oxygens (including phenoxy) is 1. The van der Waals surface area contributed by atoms with Crippen LogP contribution in [0.25, 0.3) is 38.4 Å². The molecule has 4 heteroatoms. The summed E-state index contributed by atoms with van der Waals surface area (Å²) in [5.41, 5.74) is 8.46. The van der Waals surface area contributed by atoms with Gasteiger partial charge in [-0.3, -0.25) is 4.79 Å². The maximum atomic E-state index is 12.9. The standard InChI is InChI=1S/C32H29NO3/c1-19-9-8-12-29(21(19)3)33-30(34)15-20(2)26-17-27-28(18-36-32(27)22(4)31(26)35-5)25-14-13-23-10-6-7-11-24(23)16-25/h6-18H,1-5H3,(H,33,34)/b20-15+. The Labute approximate surface area is 211 Å². The van der Waals surface area contributed by atoms with E-state index in [-0.39, 0.29) is 5.91 Å². The molecule has 0 radical (unpaired) electrons. The molecule has 0 aliphatic carbocycles. The molecule has 0 saturated heterocycles. The molecule has 0 spiro atoms. The number of benzene rings is 4. The first kappa shape index (κ1) is 23.4. The molecule has 1 heterocycles. The lowest BCUT2D eigenvalue weighted by Crippen LogP contribution is -2.10. The second-order valence-corrected chi connectivity index (χ2v) is 9.23. The van der Waals surface area contributed by atoms with E-state index >= 15 is 0 Å². The van der Waals surface area contributed by atoms with Crippen LogP contribution in [-0.2, 0) is 4.79 Å². The van der Waals surface area contributed by atoms with Gasteiger partial charge in [0.05, 0.1) is 13.4 Å². The first-order valence-electron chi connectivity index (χ1n) is 12.0. The molecule has 1 amide bonds. The maximum absolute atomic E-state index is 12.9. The fourth-order valence-electron chi connectivity index (χ4n) is 4.78. The van der Waals surface area contributed by atoms with Crippen molar-refractivity contribution in [3.8, 4) is 16.9 Å². The topological polar surface area (TPSA) is 51.5 Å². The minimum Gasteiger partial charge on any atom is -0.496 e. The van der Waals surface area contributed by atoms with Crippen molar-refractivity contribution >= 4 is 38.9 Å². The highest BCUT2D eigenvalue weighted by molar-refractivity contribution is 6.06. The number of carbonyl (C=O) groups excluding carboxylic acids is 1. The smallest absolute Gasteiger partial charge is 0.248 e. The predicted molar refractivity (Wildman–Crippen MR) is 149 cm³/mol. The summed E-state index contributed by atoms with van der Waals surface area (Å²) in [6, 6.07) is 22.7. The second-order valence-electron chi connectivity index (χ2n) is 9.23. The number of aryl methyl sites for hydroxylation is 2. The molecule has 5 rings (SSSR count). The Morgan fingerprint density at radius 1 is 0.917 bits per heavy atom. The zero-order chi connectivity index (χ0) is 25.4. The van der Waals surface area contributed by atoms with Crippen LogP contribution in [0.4, 0.5) is 5.69 Å². The van der Waals surface area contributed by atoms with Crippen molar-refractivity contribution in [2.24, 2.45) is 0 Å². The Morgan fingerprint density at radius 3 is 2.47 bits per heavy atom. The van der Waals surface area contributed by atoms with Crippen LogP contribution in [0.3, 0.4) is 0 Å². The van der Waals surface area contributed by atoms with E-state index in [2.05, 4.69) is 41.7 Å². The molecular weight excluding hydrogens is 446 g/mol. The summed E-state index contributed by atoms with van der Waals surface area (Å²) in [6.45, 7) is 7.96. The van der Waals surface area contributed by atoms with E-state index in [9.17, 15) is 4.79 Å². The molecule has 1 N–H and O–H groups in total. The normalized spacial score (nSPS) is 11.8. The van der Waals surface area contributed by atoms with Crippen LogP contribution >= 0.6 is 0 Å². The van der Waals surface area contributed by atoms with Crippen molar-refractivity contribution in [2.45, 2.75) is 27.7 Å². The zero-order valence-corrected chi connectivity index (χ0v) is 21.2. The van der Waals surface area contributed by atoms with Crippen LogP contribution < -0.4 is 10.1 Å². The summed E-state index contributed by atoms with van der Waals surface area (Å²) >= 11 is 0. The summed E-state index contributed by atoms with van der Waals surface area (Å²) in [6.07, 6.45) is 3.43. The van der Waals surface area contributed by atoms with E-state index in [0.29, 0.717) is 5.75 Å². The van der Waals surface area contributed by atoms with Crippen LogP contribution in [0.5, 0.6) is 5.75 Å². The molecular formula is C32H29NO3. The maximum Gasteiger partial charge on any atom is 0.248 e. The van der Waals surface area contributed by atoms with Crippen molar-refractivity contribution in [3.63, 3.8) is 0 Å². The fourth-order valence-corrected chi connectivity index (χ4v) is 4.78. The van der Waals surface area contributed by atoms with Gasteiger partial charge >= 0.3 is 0 Å². The predicted octanol–water partition coefficient (Wildman–Crippen LogP) is 8.23. The third kappa shape index (κ3) is 4.16. The van der Waals surface area contributed by atoms with Gasteiger partial charge in [-0.15, -0.1) is 0 Å². The van der Waals surface area contributed by atoms with Crippen LogP contribution in [0.2, 0.25) is 0 Å².